The Hall–Kier alpha value is -1.11. The van der Waals surface area contributed by atoms with Gasteiger partial charge in [-0.05, 0) is 52.7 Å². The van der Waals surface area contributed by atoms with Crippen LogP contribution in [0.2, 0.25) is 0 Å². The third kappa shape index (κ3) is 2.87. The highest BCUT2D eigenvalue weighted by Gasteiger charge is 2.52. The molecule has 0 aliphatic carbocycles. The van der Waals surface area contributed by atoms with E-state index in [0.717, 1.165) is 37.3 Å². The Kier molecular flexibility index (Phi) is 3.95. The Bertz CT molecular complexity index is 526. The quantitative estimate of drug-likeness (QED) is 0.836. The fourth-order valence-electron chi connectivity index (χ4n) is 2.81. The molecule has 1 aromatic heterocycles. The zero-order chi connectivity index (χ0) is 16.0. The van der Waals surface area contributed by atoms with Gasteiger partial charge in [-0.15, -0.1) is 0 Å². The number of anilines is 1. The van der Waals surface area contributed by atoms with Gasteiger partial charge in [0.15, 0.2) is 0 Å². The van der Waals surface area contributed by atoms with E-state index < -0.39 is 7.12 Å². The van der Waals surface area contributed by atoms with Crippen molar-refractivity contribution in [3.63, 3.8) is 0 Å². The fourth-order valence-corrected chi connectivity index (χ4v) is 2.81. The lowest BCUT2D eigenvalue weighted by Crippen LogP contribution is -2.41. The first kappa shape index (κ1) is 15.8. The number of pyridine rings is 1. The molecule has 2 saturated heterocycles. The van der Waals surface area contributed by atoms with E-state index in [1.807, 2.05) is 45.9 Å². The molecule has 0 bridgehead atoms. The first-order chi connectivity index (χ1) is 10.3. The molecule has 1 N–H and O–H groups in total. The van der Waals surface area contributed by atoms with Crippen LogP contribution in [0.3, 0.4) is 0 Å². The summed E-state index contributed by atoms with van der Waals surface area (Å²) < 4.78 is 12.1. The van der Waals surface area contributed by atoms with Crippen LogP contribution < -0.4 is 10.5 Å². The summed E-state index contributed by atoms with van der Waals surface area (Å²) >= 11 is 0. The van der Waals surface area contributed by atoms with Crippen LogP contribution >= 0.6 is 0 Å². The minimum Gasteiger partial charge on any atom is -0.398 e. The standard InChI is InChI=1S/C16H25BN2O3/c1-15(2)16(3,4)22-17(21-15)13-6-5-7-14(18-13)19-10-8-12(20)9-11-19/h5-7,12,20H,8-11H2,1-4H3. The highest BCUT2D eigenvalue weighted by Crippen LogP contribution is 2.36. The number of nitrogens with zero attached hydrogens (tertiary/aromatic N) is 2. The number of hydrogen-bond donors (Lipinski definition) is 1. The van der Waals surface area contributed by atoms with Crippen LogP contribution in [0.15, 0.2) is 18.2 Å². The topological polar surface area (TPSA) is 54.8 Å². The maximum Gasteiger partial charge on any atom is 0.514 e. The van der Waals surface area contributed by atoms with Crippen LogP contribution in [0, 0.1) is 0 Å². The predicted octanol–water partition coefficient (Wildman–Crippen LogP) is 1.34. The van der Waals surface area contributed by atoms with E-state index >= 15 is 0 Å². The predicted molar refractivity (Wildman–Crippen MR) is 87.4 cm³/mol. The molecule has 0 atom stereocenters. The van der Waals surface area contributed by atoms with E-state index in [-0.39, 0.29) is 17.3 Å². The highest BCUT2D eigenvalue weighted by molar-refractivity contribution is 6.61. The molecule has 3 rings (SSSR count). The highest BCUT2D eigenvalue weighted by atomic mass is 16.7. The normalized spacial score (nSPS) is 24.8. The molecule has 22 heavy (non-hydrogen) atoms. The van der Waals surface area contributed by atoms with Gasteiger partial charge in [0, 0.05) is 13.1 Å². The second kappa shape index (κ2) is 5.51. The summed E-state index contributed by atoms with van der Waals surface area (Å²) in [6.07, 6.45) is 1.41. The van der Waals surface area contributed by atoms with Crippen molar-refractivity contribution in [2.45, 2.75) is 57.8 Å². The van der Waals surface area contributed by atoms with Gasteiger partial charge in [-0.3, -0.25) is 0 Å². The zero-order valence-electron chi connectivity index (χ0n) is 13.9. The molecule has 0 aromatic carbocycles. The van der Waals surface area contributed by atoms with Gasteiger partial charge in [0.05, 0.1) is 22.9 Å². The van der Waals surface area contributed by atoms with E-state index in [1.165, 1.54) is 0 Å². The van der Waals surface area contributed by atoms with Crippen molar-refractivity contribution in [1.82, 2.24) is 4.98 Å². The molecule has 5 nitrogen and oxygen atoms in total. The summed E-state index contributed by atoms with van der Waals surface area (Å²) in [5.41, 5.74) is 0.0945. The summed E-state index contributed by atoms with van der Waals surface area (Å²) in [7, 11) is -0.430. The van der Waals surface area contributed by atoms with Gasteiger partial charge in [0.25, 0.3) is 0 Å². The number of hydrogen-bond acceptors (Lipinski definition) is 5. The summed E-state index contributed by atoms with van der Waals surface area (Å²) in [4.78, 5) is 6.94. The van der Waals surface area contributed by atoms with E-state index in [9.17, 15) is 5.11 Å². The van der Waals surface area contributed by atoms with Gasteiger partial charge in [0.2, 0.25) is 0 Å². The van der Waals surface area contributed by atoms with Crippen molar-refractivity contribution in [3.8, 4) is 0 Å². The number of aromatic nitrogens is 1. The Morgan fingerprint density at radius 3 is 2.32 bits per heavy atom. The van der Waals surface area contributed by atoms with Crippen LogP contribution in [-0.4, -0.2) is 47.6 Å². The first-order valence-corrected chi connectivity index (χ1v) is 8.04. The lowest BCUT2D eigenvalue weighted by molar-refractivity contribution is 0.00578. The molecule has 0 amide bonds. The molecule has 0 radical (unpaired) electrons. The minimum atomic E-state index is -0.430. The summed E-state index contributed by atoms with van der Waals surface area (Å²) in [5.74, 6) is 0.930. The van der Waals surface area contributed by atoms with E-state index in [0.29, 0.717) is 0 Å². The first-order valence-electron chi connectivity index (χ1n) is 8.04. The maximum atomic E-state index is 9.63. The Morgan fingerprint density at radius 1 is 1.14 bits per heavy atom. The third-order valence-electron chi connectivity index (χ3n) is 5.04. The third-order valence-corrected chi connectivity index (χ3v) is 5.04. The second-order valence-corrected chi connectivity index (χ2v) is 7.23. The molecule has 1 aromatic rings. The number of piperidine rings is 1. The van der Waals surface area contributed by atoms with Gasteiger partial charge in [-0.1, -0.05) is 6.07 Å². The Balaban J connectivity index is 1.78. The Labute approximate surface area is 132 Å². The van der Waals surface area contributed by atoms with Crippen LogP contribution in [0.5, 0.6) is 0 Å². The molecule has 0 saturated carbocycles. The second-order valence-electron chi connectivity index (χ2n) is 7.23. The molecular formula is C16H25BN2O3. The van der Waals surface area contributed by atoms with E-state index in [4.69, 9.17) is 14.3 Å². The van der Waals surface area contributed by atoms with E-state index in [2.05, 4.69) is 4.90 Å². The van der Waals surface area contributed by atoms with Crippen LogP contribution in [-0.2, 0) is 9.31 Å². The molecule has 2 fully saturated rings. The SMILES string of the molecule is CC1(C)OB(c2cccc(N3CCC(O)CC3)n2)OC1(C)C. The molecule has 2 aliphatic heterocycles. The van der Waals surface area contributed by atoms with Crippen molar-refractivity contribution in [2.24, 2.45) is 0 Å². The fraction of sp³-hybridized carbons (Fsp3) is 0.688. The van der Waals surface area contributed by atoms with Crippen molar-refractivity contribution < 1.29 is 14.4 Å². The Morgan fingerprint density at radius 2 is 1.73 bits per heavy atom. The smallest absolute Gasteiger partial charge is 0.398 e. The molecule has 0 spiro atoms. The molecule has 0 unspecified atom stereocenters. The monoisotopic (exact) mass is 304 g/mol. The van der Waals surface area contributed by atoms with Crippen LogP contribution in [0.1, 0.15) is 40.5 Å². The summed E-state index contributed by atoms with van der Waals surface area (Å²) in [5, 5.41) is 9.63. The summed E-state index contributed by atoms with van der Waals surface area (Å²) in [6.45, 7) is 9.85. The van der Waals surface area contributed by atoms with Crippen molar-refractivity contribution in [3.05, 3.63) is 18.2 Å². The van der Waals surface area contributed by atoms with Gasteiger partial charge < -0.3 is 19.3 Å². The molecule has 120 valence electrons. The van der Waals surface area contributed by atoms with Crippen LogP contribution in [0.4, 0.5) is 5.82 Å². The van der Waals surface area contributed by atoms with Crippen molar-refractivity contribution in [1.29, 1.82) is 0 Å². The van der Waals surface area contributed by atoms with Gasteiger partial charge in [-0.2, -0.15) is 0 Å². The number of aliphatic hydroxyl groups is 1. The van der Waals surface area contributed by atoms with Crippen molar-refractivity contribution in [2.75, 3.05) is 18.0 Å². The lowest BCUT2D eigenvalue weighted by Gasteiger charge is -2.32. The van der Waals surface area contributed by atoms with Crippen LogP contribution in [0.25, 0.3) is 0 Å². The molecular weight excluding hydrogens is 279 g/mol. The average molecular weight is 304 g/mol. The number of aliphatic hydroxyl groups excluding tert-OH is 1. The van der Waals surface area contributed by atoms with E-state index in [1.54, 1.807) is 0 Å². The number of rotatable bonds is 2. The maximum absolute atomic E-state index is 9.63. The van der Waals surface area contributed by atoms with Gasteiger partial charge in [0.1, 0.15) is 5.82 Å². The zero-order valence-corrected chi connectivity index (χ0v) is 13.9. The lowest BCUT2D eigenvalue weighted by atomic mass is 9.84. The minimum absolute atomic E-state index is 0.178. The average Bonchev–Trinajstić information content (AvgIpc) is 2.68. The largest absolute Gasteiger partial charge is 0.514 e. The molecule has 3 heterocycles. The molecule has 6 heteroatoms. The molecule has 2 aliphatic rings. The van der Waals surface area contributed by atoms with Gasteiger partial charge >= 0.3 is 7.12 Å². The van der Waals surface area contributed by atoms with Gasteiger partial charge in [-0.25, -0.2) is 4.98 Å². The van der Waals surface area contributed by atoms with Crippen molar-refractivity contribution >= 4 is 18.5 Å². The summed E-state index contributed by atoms with van der Waals surface area (Å²) in [6, 6.07) is 5.95.